The number of ketones is 2. The molecule has 3 aliphatic rings. The number of ether oxygens (including phenoxy) is 2. The smallest absolute Gasteiger partial charge is 0.347 e. The quantitative estimate of drug-likeness (QED) is 0.192. The number of phenolic OH excluding ortho intramolecular Hbond substituents is 1. The van der Waals surface area contributed by atoms with Crippen molar-refractivity contribution in [1.82, 2.24) is 23.5 Å². The van der Waals surface area contributed by atoms with Gasteiger partial charge in [-0.2, -0.15) is 0 Å². The van der Waals surface area contributed by atoms with Crippen molar-refractivity contribution in [2.24, 2.45) is 13.0 Å². The Morgan fingerprint density at radius 2 is 1.52 bits per heavy atom. The highest BCUT2D eigenvalue weighted by Gasteiger charge is 2.63. The Kier molecular flexibility index (Phi) is 9.09. The van der Waals surface area contributed by atoms with Gasteiger partial charge >= 0.3 is 11.4 Å². The first kappa shape index (κ1) is 38.6. The van der Waals surface area contributed by atoms with Crippen molar-refractivity contribution in [3.8, 4) is 17.2 Å². The van der Waals surface area contributed by atoms with Crippen LogP contribution in [0.3, 0.4) is 0 Å². The predicted molar refractivity (Wildman–Crippen MR) is 233 cm³/mol. The number of aromatic hydroxyl groups is 1. The summed E-state index contributed by atoms with van der Waals surface area (Å²) in [4.78, 5) is 78.0. The van der Waals surface area contributed by atoms with E-state index in [0.29, 0.717) is 50.2 Å². The Morgan fingerprint density at radius 1 is 0.823 bits per heavy atom. The summed E-state index contributed by atoms with van der Waals surface area (Å²) in [6.07, 6.45) is 3.30. The molecule has 1 saturated carbocycles. The largest absolute Gasteiger partial charge is 0.507 e. The van der Waals surface area contributed by atoms with Gasteiger partial charge in [0.2, 0.25) is 0 Å². The van der Waals surface area contributed by atoms with Crippen LogP contribution in [0.25, 0.3) is 27.4 Å². The van der Waals surface area contributed by atoms with E-state index in [1.807, 2.05) is 84.9 Å². The molecular formula is C49H41N5O8. The summed E-state index contributed by atoms with van der Waals surface area (Å²) in [7, 11) is 4.62. The molecular weight excluding hydrogens is 787 g/mol. The van der Waals surface area contributed by atoms with Gasteiger partial charge in [0.25, 0.3) is 5.56 Å². The molecule has 310 valence electrons. The van der Waals surface area contributed by atoms with E-state index in [4.69, 9.17) is 9.47 Å². The first-order valence-corrected chi connectivity index (χ1v) is 20.4. The zero-order valence-corrected chi connectivity index (χ0v) is 34.1. The van der Waals surface area contributed by atoms with Crippen LogP contribution >= 0.6 is 0 Å². The van der Waals surface area contributed by atoms with Crippen LogP contribution in [-0.4, -0.2) is 54.4 Å². The molecule has 10 rings (SSSR count). The van der Waals surface area contributed by atoms with Crippen LogP contribution in [0.1, 0.15) is 40.8 Å². The molecule has 13 nitrogen and oxygen atoms in total. The van der Waals surface area contributed by atoms with Crippen LogP contribution < -0.4 is 26.4 Å². The van der Waals surface area contributed by atoms with Crippen LogP contribution in [-0.2, 0) is 41.6 Å². The molecule has 0 saturated heterocycles. The van der Waals surface area contributed by atoms with Crippen LogP contribution in [0, 0.1) is 5.92 Å². The molecule has 2 aromatic heterocycles. The van der Waals surface area contributed by atoms with Crippen molar-refractivity contribution in [2.75, 3.05) is 14.2 Å². The highest BCUT2D eigenvalue weighted by molar-refractivity contribution is 6.31. The van der Waals surface area contributed by atoms with Crippen LogP contribution in [0.2, 0.25) is 0 Å². The lowest BCUT2D eigenvalue weighted by atomic mass is 9.47. The van der Waals surface area contributed by atoms with Gasteiger partial charge < -0.3 is 19.1 Å². The standard InChI is InChI=1S/C49H41N5O8/c1-51-39-27-41(62-3)40(61-2)26-37(39)50-36(46(51)58)21-22-52-47(59)53-23-20-32-38(54(53)48(52)60)25-35-45(57)34(28-12-6-4-7-13-28)24-42(55)49(35,30-15-8-5-9-16-30)43(32)33-19-18-29-14-10-11-17-31(29)44(33)56/h4-20,24,26-27,35,38,43,56H,21-23,25H2,1-3H3. The van der Waals surface area contributed by atoms with Gasteiger partial charge in [-0.3, -0.25) is 14.4 Å². The molecule has 4 unspecified atom stereocenters. The average Bonchev–Trinajstić information content (AvgIpc) is 3.55. The van der Waals surface area contributed by atoms with E-state index in [0.717, 1.165) is 9.95 Å². The van der Waals surface area contributed by atoms with E-state index in [1.165, 1.54) is 34.2 Å². The van der Waals surface area contributed by atoms with Crippen molar-refractivity contribution < 1.29 is 24.2 Å². The van der Waals surface area contributed by atoms with E-state index in [1.54, 1.807) is 37.4 Å². The number of carbonyl (C=O) groups excluding carboxylic acids is 2. The summed E-state index contributed by atoms with van der Waals surface area (Å²) in [6.45, 7) is -0.170. The molecule has 13 heteroatoms. The van der Waals surface area contributed by atoms with Crippen molar-refractivity contribution in [1.29, 1.82) is 0 Å². The number of hydrogen-bond acceptors (Lipinski definition) is 9. The summed E-state index contributed by atoms with van der Waals surface area (Å²) in [5.74, 6) is -1.68. The summed E-state index contributed by atoms with van der Waals surface area (Å²) in [5.41, 5.74) is 0.537. The first-order valence-electron chi connectivity index (χ1n) is 20.4. The number of Topliss-reactive ketones (excluding diaryl/α,β-unsaturated/α-hetero) is 1. The summed E-state index contributed by atoms with van der Waals surface area (Å²) < 4.78 is 16.2. The number of fused-ring (bicyclic) bond motifs is 6. The fourth-order valence-electron chi connectivity index (χ4n) is 10.3. The number of hydrogen-bond donors (Lipinski definition) is 1. The zero-order valence-electron chi connectivity index (χ0n) is 34.1. The fourth-order valence-corrected chi connectivity index (χ4v) is 10.3. The number of aromatic nitrogens is 5. The number of nitrogens with zero attached hydrogens (tertiary/aromatic N) is 5. The number of allylic oxidation sites excluding steroid dienone is 4. The highest BCUT2D eigenvalue weighted by Crippen LogP contribution is 2.62. The minimum Gasteiger partial charge on any atom is -0.507 e. The number of rotatable bonds is 8. The Bertz CT molecular complexity index is 3270. The molecule has 7 aromatic rings. The average molecular weight is 828 g/mol. The first-order chi connectivity index (χ1) is 30.1. The normalized spacial score (nSPS) is 20.6. The van der Waals surface area contributed by atoms with Gasteiger partial charge in [0.15, 0.2) is 23.1 Å². The molecule has 3 heterocycles. The second kappa shape index (κ2) is 14.6. The molecule has 62 heavy (non-hydrogen) atoms. The number of methoxy groups -OCH3 is 2. The third-order valence-electron chi connectivity index (χ3n) is 13.2. The Hall–Kier alpha value is -7.54. The SMILES string of the molecule is COc1cc2nc(CCn3c(=O)n4n(c3=O)C3CC5C(=O)C(c6ccccc6)=CC(=O)C5(c5ccccc5)C(c5ccc6ccccc6c5O)C3=CC4)c(=O)n(C)c2cc1OC. The Balaban J connectivity index is 1.14. The lowest BCUT2D eigenvalue weighted by Crippen LogP contribution is -2.58. The van der Waals surface area contributed by atoms with Crippen LogP contribution in [0.5, 0.6) is 17.2 Å². The maximum atomic E-state index is 15.4. The van der Waals surface area contributed by atoms with Gasteiger partial charge in [-0.1, -0.05) is 103 Å². The third-order valence-corrected chi connectivity index (χ3v) is 13.2. The molecule has 0 radical (unpaired) electrons. The monoisotopic (exact) mass is 827 g/mol. The number of aryl methyl sites for hydroxylation is 2. The maximum absolute atomic E-state index is 15.4. The van der Waals surface area contributed by atoms with E-state index < -0.39 is 40.2 Å². The molecule has 2 aliphatic carbocycles. The predicted octanol–water partition coefficient (Wildman–Crippen LogP) is 5.64. The zero-order chi connectivity index (χ0) is 43.0. The number of phenols is 1. The molecule has 0 spiro atoms. The topological polar surface area (TPSA) is 157 Å². The van der Waals surface area contributed by atoms with Crippen molar-refractivity contribution in [2.45, 2.75) is 43.3 Å². The molecule has 1 fully saturated rings. The second-order valence-electron chi connectivity index (χ2n) is 16.1. The third kappa shape index (κ3) is 5.53. The van der Waals surface area contributed by atoms with Gasteiger partial charge in [0.05, 0.1) is 43.3 Å². The fraction of sp³-hybridized carbons (Fsp3) is 0.224. The second-order valence-corrected chi connectivity index (χ2v) is 16.1. The molecule has 1 N–H and O–H groups in total. The minimum absolute atomic E-state index is 0.0156. The summed E-state index contributed by atoms with van der Waals surface area (Å²) in [6, 6.07) is 31.8. The molecule has 1 aliphatic heterocycles. The van der Waals surface area contributed by atoms with Gasteiger partial charge in [-0.05, 0) is 34.6 Å². The van der Waals surface area contributed by atoms with Crippen LogP contribution in [0.15, 0.2) is 141 Å². The van der Waals surface area contributed by atoms with Gasteiger partial charge in [-0.25, -0.2) is 28.5 Å². The number of benzene rings is 5. The van der Waals surface area contributed by atoms with Crippen LogP contribution in [0.4, 0.5) is 0 Å². The lowest BCUT2D eigenvalue weighted by Gasteiger charge is -2.54. The molecule has 5 aromatic carbocycles. The summed E-state index contributed by atoms with van der Waals surface area (Å²) in [5, 5.41) is 13.6. The Labute approximate surface area is 354 Å². The van der Waals surface area contributed by atoms with Crippen molar-refractivity contribution in [3.63, 3.8) is 0 Å². The van der Waals surface area contributed by atoms with Crippen molar-refractivity contribution in [3.05, 3.63) is 181 Å². The minimum atomic E-state index is -1.53. The van der Waals surface area contributed by atoms with Crippen molar-refractivity contribution >= 4 is 38.9 Å². The van der Waals surface area contributed by atoms with E-state index >= 15 is 9.59 Å². The Morgan fingerprint density at radius 3 is 2.26 bits per heavy atom. The van der Waals surface area contributed by atoms with E-state index in [9.17, 15) is 19.5 Å². The van der Waals surface area contributed by atoms with Gasteiger partial charge in [0, 0.05) is 60.5 Å². The molecule has 4 atom stereocenters. The van der Waals surface area contributed by atoms with Gasteiger partial charge in [-0.15, -0.1) is 0 Å². The molecule has 0 bridgehead atoms. The molecule has 0 amide bonds. The maximum Gasteiger partial charge on any atom is 0.347 e. The summed E-state index contributed by atoms with van der Waals surface area (Å²) >= 11 is 0. The number of carbonyl (C=O) groups is 2. The highest BCUT2D eigenvalue weighted by atomic mass is 16.5. The van der Waals surface area contributed by atoms with E-state index in [2.05, 4.69) is 4.98 Å². The van der Waals surface area contributed by atoms with Gasteiger partial charge in [0.1, 0.15) is 11.4 Å². The lowest BCUT2D eigenvalue weighted by molar-refractivity contribution is -0.133. The van der Waals surface area contributed by atoms with E-state index in [-0.39, 0.29) is 54.5 Å².